The summed E-state index contributed by atoms with van der Waals surface area (Å²) >= 11 is 0. The first kappa shape index (κ1) is 10.7. The molecule has 0 saturated heterocycles. The fourth-order valence-corrected chi connectivity index (χ4v) is 0.898. The molecule has 1 amide bonds. The maximum Gasteiger partial charge on any atom is 0.273 e. The van der Waals surface area contributed by atoms with Crippen LogP contribution in [0, 0.1) is 6.92 Å². The van der Waals surface area contributed by atoms with Gasteiger partial charge in [0.05, 0.1) is 0 Å². The Morgan fingerprint density at radius 1 is 1.71 bits per heavy atom. The molecular formula is C9H15N3O2. The van der Waals surface area contributed by atoms with Gasteiger partial charge < -0.3 is 15.6 Å². The zero-order chi connectivity index (χ0) is 10.8. The van der Waals surface area contributed by atoms with Crippen LogP contribution in [-0.4, -0.2) is 23.1 Å². The van der Waals surface area contributed by atoms with Gasteiger partial charge in [-0.3, -0.25) is 4.79 Å². The molecule has 3 N–H and O–H groups in total. The first-order valence-electron chi connectivity index (χ1n) is 4.38. The Labute approximate surface area is 82.6 Å². The van der Waals surface area contributed by atoms with Crippen molar-refractivity contribution in [1.29, 1.82) is 0 Å². The second-order valence-corrected chi connectivity index (χ2v) is 4.02. The summed E-state index contributed by atoms with van der Waals surface area (Å²) in [6.45, 7) is 5.84. The standard InChI is InChI=1S/C9H15N3O2/c1-6-4-14-12-7(6)8(13)11-5-9(2,3)10/h4H,5,10H2,1-3H3,(H,11,13). The lowest BCUT2D eigenvalue weighted by atomic mass is 10.1. The quantitative estimate of drug-likeness (QED) is 0.737. The van der Waals surface area contributed by atoms with E-state index in [4.69, 9.17) is 5.73 Å². The predicted molar refractivity (Wildman–Crippen MR) is 51.8 cm³/mol. The molecule has 0 spiro atoms. The highest BCUT2D eigenvalue weighted by Crippen LogP contribution is 2.04. The summed E-state index contributed by atoms with van der Waals surface area (Å²) in [5.41, 5.74) is 6.33. The molecule has 78 valence electrons. The van der Waals surface area contributed by atoms with Gasteiger partial charge in [-0.05, 0) is 20.8 Å². The van der Waals surface area contributed by atoms with Gasteiger partial charge in [0.2, 0.25) is 0 Å². The Morgan fingerprint density at radius 2 is 2.36 bits per heavy atom. The summed E-state index contributed by atoms with van der Waals surface area (Å²) in [6, 6.07) is 0. The van der Waals surface area contributed by atoms with Crippen LogP contribution in [0.15, 0.2) is 10.8 Å². The summed E-state index contributed by atoms with van der Waals surface area (Å²) in [4.78, 5) is 11.5. The fraction of sp³-hybridized carbons (Fsp3) is 0.556. The van der Waals surface area contributed by atoms with Gasteiger partial charge in [0.1, 0.15) is 6.26 Å². The molecule has 0 aromatic carbocycles. The lowest BCUT2D eigenvalue weighted by Gasteiger charge is -2.18. The van der Waals surface area contributed by atoms with E-state index >= 15 is 0 Å². The smallest absolute Gasteiger partial charge is 0.273 e. The van der Waals surface area contributed by atoms with Crippen molar-refractivity contribution in [2.75, 3.05) is 6.54 Å². The predicted octanol–water partition coefficient (Wildman–Crippen LogP) is 0.450. The molecule has 5 nitrogen and oxygen atoms in total. The number of amides is 1. The number of carbonyl (C=O) groups is 1. The van der Waals surface area contributed by atoms with Gasteiger partial charge in [-0.2, -0.15) is 0 Å². The van der Waals surface area contributed by atoms with E-state index in [0.717, 1.165) is 5.56 Å². The van der Waals surface area contributed by atoms with E-state index in [0.29, 0.717) is 12.2 Å². The van der Waals surface area contributed by atoms with Crippen molar-refractivity contribution >= 4 is 5.91 Å². The number of rotatable bonds is 3. The van der Waals surface area contributed by atoms with Gasteiger partial charge in [-0.15, -0.1) is 0 Å². The number of aromatic nitrogens is 1. The Bertz CT molecular complexity index is 325. The minimum absolute atomic E-state index is 0.255. The molecule has 1 rings (SSSR count). The van der Waals surface area contributed by atoms with Crippen molar-refractivity contribution in [3.63, 3.8) is 0 Å². The molecule has 0 aliphatic rings. The number of nitrogens with one attached hydrogen (secondary N) is 1. The normalized spacial score (nSPS) is 11.4. The number of nitrogens with two attached hydrogens (primary N) is 1. The average molecular weight is 197 g/mol. The molecule has 0 aliphatic heterocycles. The van der Waals surface area contributed by atoms with Gasteiger partial charge in [0.15, 0.2) is 5.69 Å². The molecule has 0 saturated carbocycles. The third-order valence-corrected chi connectivity index (χ3v) is 1.67. The van der Waals surface area contributed by atoms with Gasteiger partial charge in [-0.25, -0.2) is 0 Å². The van der Waals surface area contributed by atoms with Crippen LogP contribution < -0.4 is 11.1 Å². The Hall–Kier alpha value is -1.36. The van der Waals surface area contributed by atoms with Crippen LogP contribution >= 0.6 is 0 Å². The largest absolute Gasteiger partial charge is 0.364 e. The number of hydrogen-bond acceptors (Lipinski definition) is 4. The van der Waals surface area contributed by atoms with Crippen molar-refractivity contribution in [2.24, 2.45) is 5.73 Å². The van der Waals surface area contributed by atoms with Gasteiger partial charge in [0, 0.05) is 17.6 Å². The van der Waals surface area contributed by atoms with Crippen LogP contribution in [-0.2, 0) is 0 Å². The fourth-order valence-electron chi connectivity index (χ4n) is 0.898. The lowest BCUT2D eigenvalue weighted by molar-refractivity contribution is 0.0936. The Kier molecular flexibility index (Phi) is 2.90. The van der Waals surface area contributed by atoms with Crippen molar-refractivity contribution in [3.8, 4) is 0 Å². The van der Waals surface area contributed by atoms with E-state index in [9.17, 15) is 4.79 Å². The number of carbonyl (C=O) groups excluding carboxylic acids is 1. The molecule has 5 heteroatoms. The van der Waals surface area contributed by atoms with Crippen LogP contribution in [0.25, 0.3) is 0 Å². The molecular weight excluding hydrogens is 182 g/mol. The molecule has 0 unspecified atom stereocenters. The van der Waals surface area contributed by atoms with Crippen LogP contribution in [0.2, 0.25) is 0 Å². The van der Waals surface area contributed by atoms with Crippen LogP contribution in [0.4, 0.5) is 0 Å². The van der Waals surface area contributed by atoms with E-state index in [-0.39, 0.29) is 5.91 Å². The highest BCUT2D eigenvalue weighted by atomic mass is 16.5. The van der Waals surface area contributed by atoms with E-state index in [1.54, 1.807) is 6.92 Å². The van der Waals surface area contributed by atoms with Gasteiger partial charge >= 0.3 is 0 Å². The molecule has 1 heterocycles. The average Bonchev–Trinajstić information content (AvgIpc) is 2.46. The molecule has 0 bridgehead atoms. The molecule has 1 aromatic heterocycles. The van der Waals surface area contributed by atoms with E-state index < -0.39 is 5.54 Å². The Balaban J connectivity index is 2.56. The summed E-state index contributed by atoms with van der Waals surface area (Å²) in [7, 11) is 0. The van der Waals surface area contributed by atoms with Crippen molar-refractivity contribution in [2.45, 2.75) is 26.3 Å². The highest BCUT2D eigenvalue weighted by molar-refractivity contribution is 5.93. The monoisotopic (exact) mass is 197 g/mol. The minimum atomic E-state index is -0.423. The van der Waals surface area contributed by atoms with Gasteiger partial charge in [0.25, 0.3) is 5.91 Å². The number of nitrogens with zero attached hydrogens (tertiary/aromatic N) is 1. The summed E-state index contributed by atoms with van der Waals surface area (Å²) in [5.74, 6) is -0.255. The first-order chi connectivity index (χ1) is 6.40. The molecule has 14 heavy (non-hydrogen) atoms. The molecule has 0 atom stereocenters. The maximum atomic E-state index is 11.5. The third-order valence-electron chi connectivity index (χ3n) is 1.67. The van der Waals surface area contributed by atoms with E-state index in [1.807, 2.05) is 13.8 Å². The van der Waals surface area contributed by atoms with Gasteiger partial charge in [-0.1, -0.05) is 5.16 Å². The van der Waals surface area contributed by atoms with Crippen molar-refractivity contribution in [1.82, 2.24) is 10.5 Å². The maximum absolute atomic E-state index is 11.5. The summed E-state index contributed by atoms with van der Waals surface area (Å²) < 4.78 is 4.66. The number of hydrogen-bond donors (Lipinski definition) is 2. The summed E-state index contributed by atoms with van der Waals surface area (Å²) in [6.07, 6.45) is 1.43. The molecule has 0 radical (unpaired) electrons. The zero-order valence-corrected chi connectivity index (χ0v) is 8.63. The molecule has 0 aliphatic carbocycles. The third kappa shape index (κ3) is 2.85. The summed E-state index contributed by atoms with van der Waals surface area (Å²) in [5, 5.41) is 6.27. The highest BCUT2D eigenvalue weighted by Gasteiger charge is 2.16. The van der Waals surface area contributed by atoms with Crippen molar-refractivity contribution in [3.05, 3.63) is 17.5 Å². The SMILES string of the molecule is Cc1conc1C(=O)NCC(C)(C)N. The lowest BCUT2D eigenvalue weighted by Crippen LogP contribution is -2.45. The first-order valence-corrected chi connectivity index (χ1v) is 4.38. The van der Waals surface area contributed by atoms with Crippen molar-refractivity contribution < 1.29 is 9.32 Å². The van der Waals surface area contributed by atoms with Crippen LogP contribution in [0.5, 0.6) is 0 Å². The minimum Gasteiger partial charge on any atom is -0.364 e. The van der Waals surface area contributed by atoms with E-state index in [2.05, 4.69) is 15.0 Å². The second kappa shape index (κ2) is 3.79. The zero-order valence-electron chi connectivity index (χ0n) is 8.63. The topological polar surface area (TPSA) is 81.2 Å². The van der Waals surface area contributed by atoms with Crippen LogP contribution in [0.3, 0.4) is 0 Å². The van der Waals surface area contributed by atoms with E-state index in [1.165, 1.54) is 6.26 Å². The second-order valence-electron chi connectivity index (χ2n) is 4.02. The number of aryl methyl sites for hydroxylation is 1. The molecule has 1 aromatic rings. The molecule has 0 fully saturated rings. The Morgan fingerprint density at radius 3 is 2.79 bits per heavy atom. The van der Waals surface area contributed by atoms with Crippen LogP contribution in [0.1, 0.15) is 29.9 Å².